The summed E-state index contributed by atoms with van der Waals surface area (Å²) in [6.07, 6.45) is -0.814. The Labute approximate surface area is 144 Å². The van der Waals surface area contributed by atoms with Gasteiger partial charge in [-0.15, -0.1) is 0 Å². The molecule has 0 aromatic heterocycles. The Hall–Kier alpha value is -1.42. The molecular weight excluding hydrogens is 345 g/mol. The van der Waals surface area contributed by atoms with Crippen molar-refractivity contribution in [3.8, 4) is 5.75 Å². The van der Waals surface area contributed by atoms with Crippen molar-refractivity contribution in [3.63, 3.8) is 0 Å². The molecule has 1 atom stereocenters. The van der Waals surface area contributed by atoms with Crippen molar-refractivity contribution in [1.82, 2.24) is 4.90 Å². The summed E-state index contributed by atoms with van der Waals surface area (Å²) < 4.78 is 5.82. The Kier molecular flexibility index (Phi) is 5.57. The molecule has 2 aromatic carbocycles. The minimum Gasteiger partial charge on any atom is -0.474 e. The smallest absolute Gasteiger partial charge is 0.267 e. The molecule has 0 N–H and O–H groups in total. The monoisotopic (exact) mass is 357 g/mol. The molecule has 2 rings (SSSR count). The number of carbonyl (C=O) groups excluding carboxylic acids is 1. The predicted molar refractivity (Wildman–Crippen MR) is 90.0 cm³/mol. The molecule has 0 radical (unpaired) electrons. The molecule has 6 heteroatoms. The third kappa shape index (κ3) is 3.86. The van der Waals surface area contributed by atoms with Gasteiger partial charge in [0.05, 0.1) is 15.1 Å². The highest BCUT2D eigenvalue weighted by molar-refractivity contribution is 6.43. The van der Waals surface area contributed by atoms with Gasteiger partial charge in [-0.05, 0) is 6.07 Å². The molecule has 0 aliphatic heterocycles. The molecule has 116 valence electrons. The number of ether oxygens (including phenoxy) is 1. The summed E-state index contributed by atoms with van der Waals surface area (Å²) in [6.45, 7) is 0. The van der Waals surface area contributed by atoms with Gasteiger partial charge >= 0.3 is 0 Å². The fourth-order valence-corrected chi connectivity index (χ4v) is 2.43. The van der Waals surface area contributed by atoms with Crippen molar-refractivity contribution in [2.24, 2.45) is 0 Å². The van der Waals surface area contributed by atoms with E-state index >= 15 is 0 Å². The van der Waals surface area contributed by atoms with Crippen LogP contribution in [0.2, 0.25) is 15.1 Å². The summed E-state index contributed by atoms with van der Waals surface area (Å²) in [4.78, 5) is 13.9. The SMILES string of the molecule is CN(C)C(=O)[C@H](Oc1cc(Cl)c(Cl)cc1Cl)c1ccccc1. The molecule has 1 amide bonds. The third-order valence-electron chi connectivity index (χ3n) is 2.99. The Morgan fingerprint density at radius 2 is 1.59 bits per heavy atom. The summed E-state index contributed by atoms with van der Waals surface area (Å²) in [5.41, 5.74) is 0.725. The maximum Gasteiger partial charge on any atom is 0.267 e. The van der Waals surface area contributed by atoms with E-state index in [1.54, 1.807) is 14.1 Å². The van der Waals surface area contributed by atoms with Crippen LogP contribution in [0.3, 0.4) is 0 Å². The average molecular weight is 359 g/mol. The minimum atomic E-state index is -0.814. The van der Waals surface area contributed by atoms with Gasteiger partial charge in [-0.1, -0.05) is 65.1 Å². The number of nitrogens with zero attached hydrogens (tertiary/aromatic N) is 1. The molecule has 0 heterocycles. The van der Waals surface area contributed by atoms with Crippen LogP contribution in [-0.4, -0.2) is 24.9 Å². The zero-order valence-corrected chi connectivity index (χ0v) is 14.3. The Morgan fingerprint density at radius 3 is 2.18 bits per heavy atom. The molecule has 22 heavy (non-hydrogen) atoms. The second kappa shape index (κ2) is 7.23. The van der Waals surface area contributed by atoms with Crippen LogP contribution in [0.5, 0.6) is 5.75 Å². The maximum absolute atomic E-state index is 12.4. The van der Waals surface area contributed by atoms with Crippen molar-refractivity contribution >= 4 is 40.7 Å². The van der Waals surface area contributed by atoms with E-state index in [-0.39, 0.29) is 5.91 Å². The summed E-state index contributed by atoms with van der Waals surface area (Å²) in [7, 11) is 3.33. The first kappa shape index (κ1) is 16.9. The first-order valence-electron chi connectivity index (χ1n) is 6.47. The number of carbonyl (C=O) groups is 1. The van der Waals surface area contributed by atoms with Crippen molar-refractivity contribution in [2.75, 3.05) is 14.1 Å². The summed E-state index contributed by atoms with van der Waals surface area (Å²) in [6, 6.07) is 12.2. The highest BCUT2D eigenvalue weighted by atomic mass is 35.5. The number of hydrogen-bond acceptors (Lipinski definition) is 2. The van der Waals surface area contributed by atoms with Gasteiger partial charge in [0.15, 0.2) is 0 Å². The van der Waals surface area contributed by atoms with Crippen LogP contribution >= 0.6 is 34.8 Å². The molecule has 0 saturated heterocycles. The van der Waals surface area contributed by atoms with Gasteiger partial charge in [0.1, 0.15) is 5.75 Å². The number of rotatable bonds is 4. The van der Waals surface area contributed by atoms with E-state index in [0.717, 1.165) is 5.56 Å². The number of halogens is 3. The number of amides is 1. The van der Waals surface area contributed by atoms with Gasteiger partial charge < -0.3 is 9.64 Å². The van der Waals surface area contributed by atoms with Gasteiger partial charge in [-0.2, -0.15) is 0 Å². The molecular formula is C16H14Cl3NO2. The van der Waals surface area contributed by atoms with E-state index in [1.165, 1.54) is 17.0 Å². The lowest BCUT2D eigenvalue weighted by Crippen LogP contribution is -2.31. The van der Waals surface area contributed by atoms with Crippen LogP contribution in [0.15, 0.2) is 42.5 Å². The largest absolute Gasteiger partial charge is 0.474 e. The van der Waals surface area contributed by atoms with E-state index in [4.69, 9.17) is 39.5 Å². The number of benzene rings is 2. The Bertz CT molecular complexity index is 675. The first-order valence-corrected chi connectivity index (χ1v) is 7.61. The Balaban J connectivity index is 2.39. The molecule has 0 aliphatic carbocycles. The minimum absolute atomic E-state index is 0.201. The molecule has 0 saturated carbocycles. The van der Waals surface area contributed by atoms with Crippen LogP contribution in [0.1, 0.15) is 11.7 Å². The molecule has 0 unspecified atom stereocenters. The zero-order valence-electron chi connectivity index (χ0n) is 12.0. The fraction of sp³-hybridized carbons (Fsp3) is 0.188. The van der Waals surface area contributed by atoms with Crippen molar-refractivity contribution in [2.45, 2.75) is 6.10 Å². The molecule has 0 fully saturated rings. The van der Waals surface area contributed by atoms with Crippen LogP contribution in [0, 0.1) is 0 Å². The summed E-state index contributed by atoms with van der Waals surface area (Å²) in [5, 5.41) is 0.932. The second-order valence-corrected chi connectivity index (χ2v) is 6.06. The van der Waals surface area contributed by atoms with Crippen LogP contribution < -0.4 is 4.74 Å². The van der Waals surface area contributed by atoms with Crippen LogP contribution in [0.4, 0.5) is 0 Å². The maximum atomic E-state index is 12.4. The normalized spacial score (nSPS) is 11.9. The Morgan fingerprint density at radius 1 is 1.00 bits per heavy atom. The molecule has 2 aromatic rings. The standard InChI is InChI=1S/C16H14Cl3NO2/c1-20(2)16(21)15(10-6-4-3-5-7-10)22-14-9-12(18)11(17)8-13(14)19/h3-9,15H,1-2H3/t15-/m1/s1. The van der Waals surface area contributed by atoms with E-state index in [1.807, 2.05) is 30.3 Å². The summed E-state index contributed by atoms with van der Waals surface area (Å²) in [5.74, 6) is 0.105. The van der Waals surface area contributed by atoms with Gasteiger partial charge in [-0.3, -0.25) is 4.79 Å². The van der Waals surface area contributed by atoms with Crippen molar-refractivity contribution in [3.05, 3.63) is 63.1 Å². The fourth-order valence-electron chi connectivity index (χ4n) is 1.84. The van der Waals surface area contributed by atoms with Crippen LogP contribution in [0.25, 0.3) is 0 Å². The predicted octanol–water partition coefficient (Wildman–Crippen LogP) is 4.86. The average Bonchev–Trinajstić information content (AvgIpc) is 2.49. The van der Waals surface area contributed by atoms with E-state index in [2.05, 4.69) is 0 Å². The molecule has 3 nitrogen and oxygen atoms in total. The van der Waals surface area contributed by atoms with Crippen LogP contribution in [-0.2, 0) is 4.79 Å². The molecule has 0 aliphatic rings. The van der Waals surface area contributed by atoms with Gasteiger partial charge in [-0.25, -0.2) is 0 Å². The molecule has 0 bridgehead atoms. The van der Waals surface area contributed by atoms with Crippen molar-refractivity contribution < 1.29 is 9.53 Å². The second-order valence-electron chi connectivity index (χ2n) is 4.84. The lowest BCUT2D eigenvalue weighted by Gasteiger charge is -2.23. The third-order valence-corrected chi connectivity index (χ3v) is 4.00. The van der Waals surface area contributed by atoms with Gasteiger partial charge in [0, 0.05) is 25.7 Å². The first-order chi connectivity index (χ1) is 10.4. The van der Waals surface area contributed by atoms with E-state index in [0.29, 0.717) is 20.8 Å². The van der Waals surface area contributed by atoms with Gasteiger partial charge in [0.25, 0.3) is 5.91 Å². The van der Waals surface area contributed by atoms with E-state index in [9.17, 15) is 4.79 Å². The molecule has 0 spiro atoms. The highest BCUT2D eigenvalue weighted by Gasteiger charge is 2.25. The summed E-state index contributed by atoms with van der Waals surface area (Å²) >= 11 is 18.0. The highest BCUT2D eigenvalue weighted by Crippen LogP contribution is 2.36. The number of hydrogen-bond donors (Lipinski definition) is 0. The number of likely N-dealkylation sites (N-methyl/N-ethyl adjacent to an activating group) is 1. The van der Waals surface area contributed by atoms with Crippen molar-refractivity contribution in [1.29, 1.82) is 0 Å². The lowest BCUT2D eigenvalue weighted by molar-refractivity contribution is -0.136. The lowest BCUT2D eigenvalue weighted by atomic mass is 10.1. The quantitative estimate of drug-likeness (QED) is 0.731. The topological polar surface area (TPSA) is 29.5 Å². The zero-order chi connectivity index (χ0) is 16.3. The van der Waals surface area contributed by atoms with Gasteiger partial charge in [0.2, 0.25) is 6.10 Å². The van der Waals surface area contributed by atoms with E-state index < -0.39 is 6.10 Å².